The number of hydrogen-bond donors (Lipinski definition) is 0. The van der Waals surface area contributed by atoms with E-state index in [1.165, 1.54) is 11.6 Å². The number of epoxide rings is 2. The lowest BCUT2D eigenvalue weighted by atomic mass is 9.68. The second-order valence-corrected chi connectivity index (χ2v) is 9.10. The number of benzene rings is 1. The van der Waals surface area contributed by atoms with Gasteiger partial charge in [0.15, 0.2) is 0 Å². The third-order valence-electron chi connectivity index (χ3n) is 6.72. The number of carbonyl (C=O) groups is 1. The van der Waals surface area contributed by atoms with Crippen molar-refractivity contribution < 1.29 is 23.7 Å². The molecular formula is C25H32O5. The fourth-order valence-electron chi connectivity index (χ4n) is 4.99. The van der Waals surface area contributed by atoms with Crippen LogP contribution in [0.3, 0.4) is 0 Å². The van der Waals surface area contributed by atoms with Crippen LogP contribution in [0.25, 0.3) is 6.08 Å². The number of carbonyl (C=O) groups excluding carboxylic acids is 1. The predicted octanol–water partition coefficient (Wildman–Crippen LogP) is 4.32. The van der Waals surface area contributed by atoms with Crippen LogP contribution in [0.1, 0.15) is 45.6 Å². The number of methoxy groups -OCH3 is 1. The van der Waals surface area contributed by atoms with Crippen LogP contribution in [-0.4, -0.2) is 49.2 Å². The lowest BCUT2D eigenvalue weighted by Gasteiger charge is -2.42. The molecule has 0 radical (unpaired) electrons. The van der Waals surface area contributed by atoms with Gasteiger partial charge in [-0.1, -0.05) is 42.0 Å². The van der Waals surface area contributed by atoms with Crippen LogP contribution in [0, 0.1) is 5.92 Å². The van der Waals surface area contributed by atoms with Crippen molar-refractivity contribution >= 4 is 12.0 Å². The molecule has 30 heavy (non-hydrogen) atoms. The van der Waals surface area contributed by atoms with E-state index < -0.39 is 0 Å². The van der Waals surface area contributed by atoms with Gasteiger partial charge < -0.3 is 18.9 Å². The summed E-state index contributed by atoms with van der Waals surface area (Å²) >= 11 is 0. The van der Waals surface area contributed by atoms with Gasteiger partial charge in [0, 0.05) is 13.2 Å². The van der Waals surface area contributed by atoms with E-state index in [9.17, 15) is 4.79 Å². The Balaban J connectivity index is 1.46. The minimum absolute atomic E-state index is 0.0372. The molecule has 2 aliphatic heterocycles. The molecule has 3 aliphatic rings. The van der Waals surface area contributed by atoms with Gasteiger partial charge in [-0.3, -0.25) is 0 Å². The maximum Gasteiger partial charge on any atom is 0.331 e. The Bertz CT molecular complexity index is 821. The standard InChI is InChI=1S/C25H32O5/c1-17(2)10-12-20-24(3,30-20)23-22(27-4)19(14-15-25(23)16-28-25)29-21(26)13-11-18-8-6-5-7-9-18/h5-11,13,19-20,22-23H,12,14-16H2,1-4H3/b13-11+/t19-,20-,22-,23-,24+,25+/m1/s1. The van der Waals surface area contributed by atoms with Crippen LogP contribution in [0.5, 0.6) is 0 Å². The monoisotopic (exact) mass is 412 g/mol. The molecule has 5 nitrogen and oxygen atoms in total. The second kappa shape index (κ2) is 8.29. The first-order valence-corrected chi connectivity index (χ1v) is 10.8. The van der Waals surface area contributed by atoms with Crippen molar-refractivity contribution in [3.05, 3.63) is 53.6 Å². The predicted molar refractivity (Wildman–Crippen MR) is 115 cm³/mol. The van der Waals surface area contributed by atoms with Gasteiger partial charge in [0.2, 0.25) is 0 Å². The summed E-state index contributed by atoms with van der Waals surface area (Å²) in [5.41, 5.74) is 1.71. The zero-order valence-corrected chi connectivity index (χ0v) is 18.3. The highest BCUT2D eigenvalue weighted by Gasteiger charge is 2.72. The molecule has 2 saturated heterocycles. The van der Waals surface area contributed by atoms with Crippen molar-refractivity contribution in [2.75, 3.05) is 13.7 Å². The Labute approximate surface area is 179 Å². The Morgan fingerprint density at radius 1 is 1.27 bits per heavy atom. The Kier molecular flexibility index (Phi) is 5.88. The third kappa shape index (κ3) is 4.25. The van der Waals surface area contributed by atoms with E-state index in [1.807, 2.05) is 30.3 Å². The van der Waals surface area contributed by atoms with Gasteiger partial charge in [-0.2, -0.15) is 0 Å². The van der Waals surface area contributed by atoms with E-state index in [0.717, 1.165) is 31.4 Å². The van der Waals surface area contributed by atoms with Gasteiger partial charge in [0.1, 0.15) is 23.4 Å². The van der Waals surface area contributed by atoms with E-state index in [4.69, 9.17) is 18.9 Å². The maximum atomic E-state index is 12.5. The fourth-order valence-corrected chi connectivity index (χ4v) is 4.99. The lowest BCUT2D eigenvalue weighted by Crippen LogP contribution is -2.55. The smallest absolute Gasteiger partial charge is 0.331 e. The van der Waals surface area contributed by atoms with Gasteiger partial charge in [-0.25, -0.2) is 4.79 Å². The van der Waals surface area contributed by atoms with Gasteiger partial charge in [-0.15, -0.1) is 0 Å². The molecular weight excluding hydrogens is 380 g/mol. The summed E-state index contributed by atoms with van der Waals surface area (Å²) in [5, 5.41) is 0. The van der Waals surface area contributed by atoms with Crippen LogP contribution in [0.2, 0.25) is 0 Å². The molecule has 6 atom stereocenters. The molecule has 0 N–H and O–H groups in total. The topological polar surface area (TPSA) is 60.6 Å². The summed E-state index contributed by atoms with van der Waals surface area (Å²) in [4.78, 5) is 12.5. The Hall–Kier alpha value is -1.95. The van der Waals surface area contributed by atoms with Crippen molar-refractivity contribution in [3.8, 4) is 0 Å². The fraction of sp³-hybridized carbons (Fsp3) is 0.560. The first kappa shape index (κ1) is 21.3. The lowest BCUT2D eigenvalue weighted by molar-refractivity contribution is -0.166. The summed E-state index contributed by atoms with van der Waals surface area (Å²) in [5.74, 6) is -0.310. The molecule has 1 aromatic rings. The van der Waals surface area contributed by atoms with Gasteiger partial charge in [0.05, 0.1) is 18.6 Å². The van der Waals surface area contributed by atoms with Gasteiger partial charge in [-0.05, 0) is 51.7 Å². The van der Waals surface area contributed by atoms with E-state index in [-0.39, 0.29) is 41.4 Å². The number of ether oxygens (including phenoxy) is 4. The summed E-state index contributed by atoms with van der Waals surface area (Å²) in [6.45, 7) is 7.07. The molecule has 0 amide bonds. The van der Waals surface area contributed by atoms with E-state index in [0.29, 0.717) is 0 Å². The highest BCUT2D eigenvalue weighted by molar-refractivity contribution is 5.87. The molecule has 1 spiro atoms. The Morgan fingerprint density at radius 2 is 2.00 bits per heavy atom. The van der Waals surface area contributed by atoms with Crippen molar-refractivity contribution in [1.29, 1.82) is 0 Å². The normalized spacial score (nSPS) is 37.2. The molecule has 162 valence electrons. The molecule has 1 saturated carbocycles. The van der Waals surface area contributed by atoms with Crippen molar-refractivity contribution in [1.82, 2.24) is 0 Å². The van der Waals surface area contributed by atoms with E-state index >= 15 is 0 Å². The molecule has 1 aromatic carbocycles. The first-order valence-electron chi connectivity index (χ1n) is 10.8. The number of esters is 1. The zero-order chi connectivity index (χ0) is 21.4. The van der Waals surface area contributed by atoms with Crippen LogP contribution in [-0.2, 0) is 23.7 Å². The third-order valence-corrected chi connectivity index (χ3v) is 6.72. The summed E-state index contributed by atoms with van der Waals surface area (Å²) < 4.78 is 23.9. The molecule has 0 bridgehead atoms. The molecule has 3 fully saturated rings. The SMILES string of the molecule is CO[C@@H]1[C@H](OC(=O)/C=C/c2ccccc2)CC[C@]2(CO2)[C@H]1[C@@]1(C)O[C@@H]1CC=C(C)C. The van der Waals surface area contributed by atoms with E-state index in [2.05, 4.69) is 26.8 Å². The molecule has 5 heteroatoms. The minimum atomic E-state index is -0.347. The zero-order valence-electron chi connectivity index (χ0n) is 18.3. The molecule has 2 heterocycles. The van der Waals surface area contributed by atoms with Crippen molar-refractivity contribution in [2.45, 2.75) is 69.5 Å². The Morgan fingerprint density at radius 3 is 2.63 bits per heavy atom. The second-order valence-electron chi connectivity index (χ2n) is 9.10. The molecule has 0 unspecified atom stereocenters. The molecule has 4 rings (SSSR count). The summed E-state index contributed by atoms with van der Waals surface area (Å²) in [6, 6.07) is 9.72. The molecule has 0 aromatic heterocycles. The summed E-state index contributed by atoms with van der Waals surface area (Å²) in [6.07, 6.45) is 7.52. The minimum Gasteiger partial charge on any atom is -0.456 e. The van der Waals surface area contributed by atoms with Crippen LogP contribution < -0.4 is 0 Å². The average molecular weight is 413 g/mol. The number of allylic oxidation sites excluding steroid dienone is 1. The number of rotatable bonds is 7. The largest absolute Gasteiger partial charge is 0.456 e. The maximum absolute atomic E-state index is 12.5. The quantitative estimate of drug-likeness (QED) is 0.289. The van der Waals surface area contributed by atoms with Crippen LogP contribution in [0.4, 0.5) is 0 Å². The van der Waals surface area contributed by atoms with Gasteiger partial charge in [0.25, 0.3) is 0 Å². The first-order chi connectivity index (χ1) is 14.4. The highest BCUT2D eigenvalue weighted by atomic mass is 16.6. The van der Waals surface area contributed by atoms with Crippen LogP contribution in [0.15, 0.2) is 48.1 Å². The van der Waals surface area contributed by atoms with Crippen LogP contribution >= 0.6 is 0 Å². The van der Waals surface area contributed by atoms with E-state index in [1.54, 1.807) is 13.2 Å². The van der Waals surface area contributed by atoms with Crippen molar-refractivity contribution in [3.63, 3.8) is 0 Å². The summed E-state index contributed by atoms with van der Waals surface area (Å²) in [7, 11) is 1.69. The van der Waals surface area contributed by atoms with Crippen molar-refractivity contribution in [2.24, 2.45) is 5.92 Å². The average Bonchev–Trinajstić information content (AvgIpc) is 3.64. The number of hydrogen-bond acceptors (Lipinski definition) is 5. The van der Waals surface area contributed by atoms with Gasteiger partial charge >= 0.3 is 5.97 Å². The highest BCUT2D eigenvalue weighted by Crippen LogP contribution is 2.59. The molecule has 1 aliphatic carbocycles.